The van der Waals surface area contributed by atoms with Gasteiger partial charge in [-0.15, -0.1) is 0 Å². The number of esters is 1. The Bertz CT molecular complexity index is 492. The predicted molar refractivity (Wildman–Crippen MR) is 72.7 cm³/mol. The molecule has 0 aliphatic rings. The van der Waals surface area contributed by atoms with E-state index in [0.29, 0.717) is 16.3 Å². The van der Waals surface area contributed by atoms with Gasteiger partial charge in [0.1, 0.15) is 5.75 Å². The summed E-state index contributed by atoms with van der Waals surface area (Å²) in [6.45, 7) is -0.537. The quantitative estimate of drug-likeness (QED) is 0.749. The lowest BCUT2D eigenvalue weighted by Crippen LogP contribution is -2.44. The van der Waals surface area contributed by atoms with Crippen LogP contribution < -0.4 is 10.1 Å². The van der Waals surface area contributed by atoms with Crippen LogP contribution in [0.5, 0.6) is 5.75 Å². The van der Waals surface area contributed by atoms with Gasteiger partial charge in [-0.25, -0.2) is 4.79 Å². The minimum Gasteiger partial charge on any atom is -0.496 e. The predicted octanol–water partition coefficient (Wildman–Crippen LogP) is 0.541. The van der Waals surface area contributed by atoms with E-state index in [1.165, 1.54) is 14.2 Å². The Morgan fingerprint density at radius 3 is 2.65 bits per heavy atom. The van der Waals surface area contributed by atoms with Gasteiger partial charge in [0.25, 0.3) is 0 Å². The van der Waals surface area contributed by atoms with Crippen molar-refractivity contribution in [2.75, 3.05) is 20.8 Å². The zero-order valence-corrected chi connectivity index (χ0v) is 11.9. The highest BCUT2D eigenvalue weighted by atomic mass is 35.5. The van der Waals surface area contributed by atoms with E-state index in [0.717, 1.165) is 0 Å². The summed E-state index contributed by atoms with van der Waals surface area (Å²) in [5.41, 5.74) is 0.582. The summed E-state index contributed by atoms with van der Waals surface area (Å²) < 4.78 is 9.58. The largest absolute Gasteiger partial charge is 0.496 e. The van der Waals surface area contributed by atoms with Crippen LogP contribution in [-0.2, 0) is 20.7 Å². The summed E-state index contributed by atoms with van der Waals surface area (Å²) >= 11 is 5.86. The number of aliphatic hydroxyl groups excluding tert-OH is 1. The second-order valence-corrected chi connectivity index (χ2v) is 4.40. The molecule has 0 heterocycles. The first-order chi connectivity index (χ1) is 9.51. The van der Waals surface area contributed by atoms with Crippen LogP contribution in [0.4, 0.5) is 0 Å². The first kappa shape index (κ1) is 16.3. The summed E-state index contributed by atoms with van der Waals surface area (Å²) in [7, 11) is 2.66. The summed E-state index contributed by atoms with van der Waals surface area (Å²) in [5.74, 6) is -0.642. The molecule has 0 radical (unpaired) electrons. The molecule has 1 amide bonds. The molecule has 1 aromatic carbocycles. The lowest BCUT2D eigenvalue weighted by Gasteiger charge is -2.14. The van der Waals surface area contributed by atoms with Gasteiger partial charge in [-0.3, -0.25) is 4.79 Å². The molecule has 6 nitrogen and oxygen atoms in total. The number of carbonyl (C=O) groups excluding carboxylic acids is 2. The number of hydrogen-bond donors (Lipinski definition) is 2. The molecule has 0 spiro atoms. The highest BCUT2D eigenvalue weighted by Gasteiger charge is 2.21. The minimum absolute atomic E-state index is 0.0305. The van der Waals surface area contributed by atoms with Crippen molar-refractivity contribution in [1.29, 1.82) is 0 Å². The van der Waals surface area contributed by atoms with E-state index in [4.69, 9.17) is 21.4 Å². The van der Waals surface area contributed by atoms with Crippen molar-refractivity contribution in [2.45, 2.75) is 12.5 Å². The van der Waals surface area contributed by atoms with Gasteiger partial charge in [0.15, 0.2) is 6.04 Å². The molecule has 1 aromatic rings. The van der Waals surface area contributed by atoms with E-state index in [9.17, 15) is 9.59 Å². The molecule has 20 heavy (non-hydrogen) atoms. The summed E-state index contributed by atoms with van der Waals surface area (Å²) in [5, 5.41) is 11.9. The van der Waals surface area contributed by atoms with Gasteiger partial charge < -0.3 is 19.9 Å². The van der Waals surface area contributed by atoms with Gasteiger partial charge in [0.05, 0.1) is 27.2 Å². The molecule has 1 atom stereocenters. The number of amides is 1. The van der Waals surface area contributed by atoms with Crippen LogP contribution in [0.1, 0.15) is 5.56 Å². The highest BCUT2D eigenvalue weighted by Crippen LogP contribution is 2.23. The third kappa shape index (κ3) is 4.40. The monoisotopic (exact) mass is 301 g/mol. The lowest BCUT2D eigenvalue weighted by molar-refractivity contribution is -0.146. The van der Waals surface area contributed by atoms with Crippen molar-refractivity contribution in [2.24, 2.45) is 0 Å². The molecule has 0 aliphatic carbocycles. The standard InChI is InChI=1S/C13H16ClNO5/c1-19-11-4-3-9(14)5-8(11)6-12(17)15-10(7-16)13(18)20-2/h3-5,10,16H,6-7H2,1-2H3,(H,15,17)/t10-/m0/s1. The van der Waals surface area contributed by atoms with Crippen LogP contribution in [-0.4, -0.2) is 43.9 Å². The van der Waals surface area contributed by atoms with Gasteiger partial charge in [0, 0.05) is 10.6 Å². The molecule has 1 rings (SSSR count). The molecule has 2 N–H and O–H groups in total. The summed E-state index contributed by atoms with van der Waals surface area (Å²) in [6, 6.07) is 3.81. The lowest BCUT2D eigenvalue weighted by atomic mass is 10.1. The van der Waals surface area contributed by atoms with E-state index >= 15 is 0 Å². The van der Waals surface area contributed by atoms with Crippen molar-refractivity contribution >= 4 is 23.5 Å². The van der Waals surface area contributed by atoms with Gasteiger partial charge in [-0.1, -0.05) is 11.6 Å². The minimum atomic E-state index is -1.09. The molecule has 0 fully saturated rings. The van der Waals surface area contributed by atoms with Crippen LogP contribution in [0, 0.1) is 0 Å². The van der Waals surface area contributed by atoms with Gasteiger partial charge >= 0.3 is 5.97 Å². The molecule has 0 aliphatic heterocycles. The SMILES string of the molecule is COC(=O)[C@H](CO)NC(=O)Cc1cc(Cl)ccc1OC. The maximum Gasteiger partial charge on any atom is 0.330 e. The zero-order valence-electron chi connectivity index (χ0n) is 11.2. The third-order valence-electron chi connectivity index (χ3n) is 2.60. The van der Waals surface area contributed by atoms with Gasteiger partial charge in [-0.2, -0.15) is 0 Å². The molecule has 0 aromatic heterocycles. The van der Waals surface area contributed by atoms with Crippen LogP contribution in [0.25, 0.3) is 0 Å². The average Bonchev–Trinajstić information content (AvgIpc) is 2.44. The number of carbonyl (C=O) groups is 2. The van der Waals surface area contributed by atoms with Crippen molar-refractivity contribution in [1.82, 2.24) is 5.32 Å². The molecular formula is C13H16ClNO5. The fourth-order valence-corrected chi connectivity index (χ4v) is 1.82. The zero-order chi connectivity index (χ0) is 15.1. The summed E-state index contributed by atoms with van der Waals surface area (Å²) in [6.07, 6.45) is -0.0305. The maximum atomic E-state index is 11.9. The number of nitrogens with one attached hydrogen (secondary N) is 1. The van der Waals surface area contributed by atoms with Crippen LogP contribution in [0.2, 0.25) is 5.02 Å². The van der Waals surface area contributed by atoms with E-state index in [2.05, 4.69) is 10.1 Å². The van der Waals surface area contributed by atoms with Crippen LogP contribution >= 0.6 is 11.6 Å². The maximum absolute atomic E-state index is 11.9. The molecule has 0 saturated heterocycles. The van der Waals surface area contributed by atoms with Crippen LogP contribution in [0.15, 0.2) is 18.2 Å². The van der Waals surface area contributed by atoms with Crippen molar-refractivity contribution in [3.05, 3.63) is 28.8 Å². The number of aliphatic hydroxyl groups is 1. The second kappa shape index (κ2) is 7.72. The number of hydrogen-bond acceptors (Lipinski definition) is 5. The van der Waals surface area contributed by atoms with Gasteiger partial charge in [-0.05, 0) is 18.2 Å². The second-order valence-electron chi connectivity index (χ2n) is 3.96. The normalized spacial score (nSPS) is 11.6. The Kier molecular flexibility index (Phi) is 6.27. The third-order valence-corrected chi connectivity index (χ3v) is 2.83. The van der Waals surface area contributed by atoms with Gasteiger partial charge in [0.2, 0.25) is 5.91 Å². The van der Waals surface area contributed by atoms with E-state index in [1.54, 1.807) is 18.2 Å². The summed E-state index contributed by atoms with van der Waals surface area (Å²) in [4.78, 5) is 23.1. The van der Waals surface area contributed by atoms with Crippen LogP contribution in [0.3, 0.4) is 0 Å². The topological polar surface area (TPSA) is 84.9 Å². The van der Waals surface area contributed by atoms with Crippen molar-refractivity contribution in [3.63, 3.8) is 0 Å². The Balaban J connectivity index is 2.75. The Morgan fingerprint density at radius 1 is 1.40 bits per heavy atom. The van der Waals surface area contributed by atoms with E-state index < -0.39 is 24.5 Å². The number of benzene rings is 1. The molecule has 0 saturated carbocycles. The average molecular weight is 302 g/mol. The Morgan fingerprint density at radius 2 is 2.10 bits per heavy atom. The fraction of sp³-hybridized carbons (Fsp3) is 0.385. The number of methoxy groups -OCH3 is 2. The number of halogens is 1. The van der Waals surface area contributed by atoms with E-state index in [1.807, 2.05) is 0 Å². The first-order valence-electron chi connectivity index (χ1n) is 5.82. The number of ether oxygens (including phenoxy) is 2. The molecule has 7 heteroatoms. The van der Waals surface area contributed by atoms with E-state index in [-0.39, 0.29) is 6.42 Å². The number of rotatable bonds is 6. The molecule has 0 bridgehead atoms. The smallest absolute Gasteiger partial charge is 0.330 e. The first-order valence-corrected chi connectivity index (χ1v) is 6.20. The molecule has 0 unspecified atom stereocenters. The Hall–Kier alpha value is -1.79. The highest BCUT2D eigenvalue weighted by molar-refractivity contribution is 6.30. The Labute approximate surface area is 121 Å². The molecule has 110 valence electrons. The fourth-order valence-electron chi connectivity index (χ4n) is 1.63. The molecular weight excluding hydrogens is 286 g/mol. The van der Waals surface area contributed by atoms with Crippen molar-refractivity contribution in [3.8, 4) is 5.75 Å². The van der Waals surface area contributed by atoms with Crippen molar-refractivity contribution < 1.29 is 24.2 Å².